The Morgan fingerprint density at radius 1 is 1.26 bits per heavy atom. The molecule has 2 heterocycles. The molecule has 2 aromatic heterocycles. The van der Waals surface area contributed by atoms with E-state index in [-0.39, 0.29) is 23.2 Å². The van der Waals surface area contributed by atoms with Crippen LogP contribution in [0.3, 0.4) is 0 Å². The average molecular weight is 547 g/mol. The van der Waals surface area contributed by atoms with Crippen molar-refractivity contribution in [1.29, 1.82) is 0 Å². The molecule has 12 heteroatoms. The molecular weight excluding hydrogens is 511 g/mol. The molecule has 0 spiro atoms. The lowest BCUT2D eigenvalue weighted by Gasteiger charge is -2.26. The zero-order chi connectivity index (χ0) is 27.7. The molecule has 1 aliphatic carbocycles. The number of hydrogen-bond donors (Lipinski definition) is 1. The lowest BCUT2D eigenvalue weighted by Crippen LogP contribution is -2.35. The Hall–Kier alpha value is -3.09. The Morgan fingerprint density at radius 2 is 1.95 bits per heavy atom. The summed E-state index contributed by atoms with van der Waals surface area (Å²) in [6.45, 7) is 5.52. The van der Waals surface area contributed by atoms with Gasteiger partial charge in [-0.1, -0.05) is 37.3 Å². The van der Waals surface area contributed by atoms with Crippen molar-refractivity contribution in [2.45, 2.75) is 32.2 Å². The van der Waals surface area contributed by atoms with Crippen LogP contribution in [-0.4, -0.2) is 63.7 Å². The van der Waals surface area contributed by atoms with Crippen LogP contribution in [0, 0.1) is 17.7 Å². The SMILES string of the molecule is COCCN(CC1CC1C)c1cc(-c2nnc([C@](C)(N)Cc3ccccc3)o2)c(F)c(N(C)S(C)(=O)=O)n1. The molecule has 0 radical (unpaired) electrons. The maximum absolute atomic E-state index is 15.9. The minimum atomic E-state index is -3.81. The van der Waals surface area contributed by atoms with Crippen LogP contribution in [0.25, 0.3) is 11.5 Å². The zero-order valence-corrected chi connectivity index (χ0v) is 23.2. The molecule has 4 rings (SSSR count). The van der Waals surface area contributed by atoms with Gasteiger partial charge in [-0.15, -0.1) is 10.2 Å². The highest BCUT2D eigenvalue weighted by molar-refractivity contribution is 7.92. The molecule has 10 nitrogen and oxygen atoms in total. The van der Waals surface area contributed by atoms with Gasteiger partial charge in [0.15, 0.2) is 11.6 Å². The number of nitrogens with two attached hydrogens (primary N) is 1. The van der Waals surface area contributed by atoms with Crippen LogP contribution in [0.5, 0.6) is 0 Å². The molecule has 0 aliphatic heterocycles. The summed E-state index contributed by atoms with van der Waals surface area (Å²) in [5.74, 6) is 0.210. The van der Waals surface area contributed by atoms with Crippen molar-refractivity contribution in [3.05, 3.63) is 53.7 Å². The first-order valence-corrected chi connectivity index (χ1v) is 14.3. The number of anilines is 2. The molecule has 2 N–H and O–H groups in total. The molecule has 0 bridgehead atoms. The quantitative estimate of drug-likeness (QED) is 0.364. The minimum absolute atomic E-state index is 0.0546. The minimum Gasteiger partial charge on any atom is -0.419 e. The van der Waals surface area contributed by atoms with Crippen molar-refractivity contribution in [2.75, 3.05) is 49.3 Å². The van der Waals surface area contributed by atoms with Crippen LogP contribution in [-0.2, 0) is 26.7 Å². The van der Waals surface area contributed by atoms with Gasteiger partial charge in [0.1, 0.15) is 5.82 Å². The Morgan fingerprint density at radius 3 is 2.55 bits per heavy atom. The van der Waals surface area contributed by atoms with E-state index >= 15 is 4.39 Å². The van der Waals surface area contributed by atoms with Gasteiger partial charge >= 0.3 is 0 Å². The summed E-state index contributed by atoms with van der Waals surface area (Å²) in [7, 11) is -0.950. The third-order valence-corrected chi connectivity index (χ3v) is 8.07. The third kappa shape index (κ3) is 6.30. The maximum atomic E-state index is 15.9. The highest BCUT2D eigenvalue weighted by Crippen LogP contribution is 2.40. The molecule has 1 aliphatic rings. The molecule has 3 atom stereocenters. The van der Waals surface area contributed by atoms with E-state index in [1.54, 1.807) is 14.0 Å². The van der Waals surface area contributed by atoms with Gasteiger partial charge in [0.05, 0.1) is 24.0 Å². The summed E-state index contributed by atoms with van der Waals surface area (Å²) in [5.41, 5.74) is 6.44. The summed E-state index contributed by atoms with van der Waals surface area (Å²) < 4.78 is 52.5. The third-order valence-electron chi connectivity index (χ3n) is 6.90. The van der Waals surface area contributed by atoms with Crippen LogP contribution < -0.4 is 14.9 Å². The molecule has 0 amide bonds. The molecule has 0 saturated heterocycles. The van der Waals surface area contributed by atoms with Gasteiger partial charge in [0.2, 0.25) is 15.9 Å². The second-order valence-corrected chi connectivity index (χ2v) is 12.3. The lowest BCUT2D eigenvalue weighted by atomic mass is 9.94. The zero-order valence-electron chi connectivity index (χ0n) is 22.4. The van der Waals surface area contributed by atoms with E-state index in [0.717, 1.165) is 22.5 Å². The number of sulfonamides is 1. The number of hydrogen-bond acceptors (Lipinski definition) is 9. The molecule has 3 aromatic rings. The second-order valence-electron chi connectivity index (χ2n) is 10.3. The van der Waals surface area contributed by atoms with E-state index in [9.17, 15) is 8.42 Å². The number of rotatable bonds is 12. The summed E-state index contributed by atoms with van der Waals surface area (Å²) in [4.78, 5) is 6.40. The smallest absolute Gasteiger partial charge is 0.251 e. The Labute approximate surface area is 223 Å². The van der Waals surface area contributed by atoms with Gasteiger partial charge in [-0.25, -0.2) is 17.8 Å². The van der Waals surface area contributed by atoms with Crippen molar-refractivity contribution in [1.82, 2.24) is 15.2 Å². The number of ether oxygens (including phenoxy) is 1. The van der Waals surface area contributed by atoms with Crippen molar-refractivity contribution in [3.63, 3.8) is 0 Å². The van der Waals surface area contributed by atoms with Crippen LogP contribution in [0.1, 0.15) is 31.7 Å². The predicted molar refractivity (Wildman–Crippen MR) is 144 cm³/mol. The van der Waals surface area contributed by atoms with Gasteiger partial charge in [0, 0.05) is 27.2 Å². The van der Waals surface area contributed by atoms with E-state index in [2.05, 4.69) is 22.1 Å². The fourth-order valence-electron chi connectivity index (χ4n) is 4.28. The van der Waals surface area contributed by atoms with Gasteiger partial charge in [0.25, 0.3) is 5.89 Å². The number of halogens is 1. The summed E-state index contributed by atoms with van der Waals surface area (Å²) >= 11 is 0. The Bertz CT molecular complexity index is 1370. The largest absolute Gasteiger partial charge is 0.419 e. The van der Waals surface area contributed by atoms with Crippen molar-refractivity contribution in [3.8, 4) is 11.5 Å². The van der Waals surface area contributed by atoms with Crippen molar-refractivity contribution >= 4 is 21.7 Å². The van der Waals surface area contributed by atoms with Crippen molar-refractivity contribution in [2.24, 2.45) is 17.6 Å². The standard InChI is InChI=1S/C26H35FN6O4S/c1-17-13-19(17)16-33(11-12-36-4)21-14-20(22(27)23(29-21)32(3)38(5,34)35)24-30-31-25(37-24)26(2,28)15-18-9-7-6-8-10-18/h6-10,14,17,19H,11-13,15-16,28H2,1-5H3/t17?,19?,26-/m1/s1. The topological polar surface area (TPSA) is 128 Å². The Balaban J connectivity index is 1.76. The number of benzene rings is 1. The number of aromatic nitrogens is 3. The van der Waals surface area contributed by atoms with Gasteiger partial charge < -0.3 is 19.8 Å². The highest BCUT2D eigenvalue weighted by atomic mass is 32.2. The number of pyridine rings is 1. The normalized spacial score (nSPS) is 18.7. The maximum Gasteiger partial charge on any atom is 0.251 e. The van der Waals surface area contributed by atoms with E-state index < -0.39 is 21.4 Å². The number of methoxy groups -OCH3 is 1. The van der Waals surface area contributed by atoms with Crippen LogP contribution in [0.4, 0.5) is 16.0 Å². The molecule has 206 valence electrons. The fourth-order valence-corrected chi connectivity index (χ4v) is 4.72. The molecule has 1 aromatic carbocycles. The molecular formula is C26H35FN6O4S. The molecule has 38 heavy (non-hydrogen) atoms. The lowest BCUT2D eigenvalue weighted by molar-refractivity contribution is 0.204. The molecule has 1 fully saturated rings. The first kappa shape index (κ1) is 27.9. The molecule has 2 unspecified atom stereocenters. The van der Waals surface area contributed by atoms with Crippen LogP contribution in [0.2, 0.25) is 0 Å². The van der Waals surface area contributed by atoms with Crippen molar-refractivity contribution < 1.29 is 22.0 Å². The van der Waals surface area contributed by atoms with Gasteiger partial charge in [-0.3, -0.25) is 4.31 Å². The first-order valence-electron chi connectivity index (χ1n) is 12.5. The average Bonchev–Trinajstić information content (AvgIpc) is 3.33. The Kier molecular flexibility index (Phi) is 8.05. The van der Waals surface area contributed by atoms with Crippen LogP contribution >= 0.6 is 0 Å². The van der Waals surface area contributed by atoms with E-state index in [0.29, 0.717) is 43.8 Å². The van der Waals surface area contributed by atoms with Gasteiger partial charge in [-0.2, -0.15) is 0 Å². The highest BCUT2D eigenvalue weighted by Gasteiger charge is 2.35. The van der Waals surface area contributed by atoms with E-state index in [1.165, 1.54) is 13.1 Å². The predicted octanol–water partition coefficient (Wildman–Crippen LogP) is 3.19. The summed E-state index contributed by atoms with van der Waals surface area (Å²) in [6.07, 6.45) is 2.49. The second kappa shape index (κ2) is 11.0. The first-order chi connectivity index (χ1) is 17.9. The monoisotopic (exact) mass is 546 g/mol. The summed E-state index contributed by atoms with van der Waals surface area (Å²) in [6, 6.07) is 11.1. The van der Waals surface area contributed by atoms with Crippen LogP contribution in [0.15, 0.2) is 40.8 Å². The molecule has 1 saturated carbocycles. The van der Waals surface area contributed by atoms with E-state index in [4.69, 9.17) is 14.9 Å². The van der Waals surface area contributed by atoms with E-state index in [1.807, 2.05) is 35.2 Å². The summed E-state index contributed by atoms with van der Waals surface area (Å²) in [5, 5.41) is 8.21. The fraction of sp³-hybridized carbons (Fsp3) is 0.500. The van der Waals surface area contributed by atoms with Gasteiger partial charge in [-0.05, 0) is 43.2 Å². The number of nitrogens with zero attached hydrogens (tertiary/aromatic N) is 5.